The molecule has 6 heterocycles. The Bertz CT molecular complexity index is 2750. The average Bonchev–Trinajstić information content (AvgIpc) is 0.994. The molecule has 0 bridgehead atoms. The molecule has 5 aliphatic rings. The maximum atomic E-state index is 13.8. The Hall–Kier alpha value is -4.32. The summed E-state index contributed by atoms with van der Waals surface area (Å²) >= 11 is 1.10. The minimum absolute atomic E-state index is 0.0587. The van der Waals surface area contributed by atoms with E-state index < -0.39 is 241 Å². The molecule has 5 aliphatic heterocycles. The Morgan fingerprint density at radius 3 is 1.66 bits per heavy atom. The molecule has 6 rings (SSSR count). The molecule has 592 valence electrons. The summed E-state index contributed by atoms with van der Waals surface area (Å²) in [5.74, 6) is -8.25. The summed E-state index contributed by atoms with van der Waals surface area (Å²) in [6.07, 6.45) is -32.1. The Balaban J connectivity index is 1.26. The number of hydrogen-bond donors (Lipinski definition) is 21. The molecule has 0 aromatic carbocycles. The van der Waals surface area contributed by atoms with E-state index in [2.05, 4.69) is 33.2 Å². The Labute approximate surface area is 599 Å². The lowest BCUT2D eigenvalue weighted by molar-refractivity contribution is -0.403. The van der Waals surface area contributed by atoms with E-state index in [4.69, 9.17) is 47.4 Å². The van der Waals surface area contributed by atoms with Crippen molar-refractivity contribution < 1.29 is 158 Å². The molecule has 37 nitrogen and oxygen atoms in total. The zero-order valence-corrected chi connectivity index (χ0v) is 59.0. The number of unbranched alkanes of at least 4 members (excludes halogenated alkanes) is 14. The smallest absolute Gasteiger partial charge is 0.364 e. The van der Waals surface area contributed by atoms with Gasteiger partial charge in [0.15, 0.2) is 30.3 Å². The standard InChI is InChI=1S/C65H109N5O32S/c1-5-6-7-8-9-10-11-12-13-14-15-16-17-18-19-20-43(82)70-35(36(79)22-21-34-30-103-64(69-34)68-33(4)78)29-93-60-52(89)50(87)54(41(27-74)96-60)98-62-53(90)58(102-65(63(91)92)23-37(80)44(66-31(2)76)57(101-65)46(83)38(81)24-71)55(42(28-75)97-62)99-59-45(67-32(3)77)56(48(85)40(26-73)94-59)100-61-51(88)49(86)47(84)39(25-72)95-61/h21-22,30,35-42,44-62,71-75,79-81,83-90H,5-20,23-29H2,1-4H3,(H,66,76)(H,67,77)(H,70,82)(H,91,92)(H,68,69,78)/b22-21+/t35-,36+,37-,38+,39+,40+,41+,42+,44?,45+,46+,47-,48-,49-,50+,51+,52+,53+,54+,55-,56+,57?,58+,59-,60+,61-,62-,65-/m0/s1. The van der Waals surface area contributed by atoms with Gasteiger partial charge >= 0.3 is 5.97 Å². The van der Waals surface area contributed by atoms with Crippen LogP contribution in [0.15, 0.2) is 11.5 Å². The fraction of sp³-hybridized carbons (Fsp3) is 0.846. The number of carbonyl (C=O) groups excluding carboxylic acids is 4. The Morgan fingerprint density at radius 1 is 0.592 bits per heavy atom. The molecule has 2 unspecified atom stereocenters. The number of ether oxygens (including phenoxy) is 10. The molecular weight excluding hydrogens is 1390 g/mol. The molecule has 1 aromatic heterocycles. The third-order valence-corrected chi connectivity index (χ3v) is 19.3. The molecule has 0 spiro atoms. The lowest BCUT2D eigenvalue weighted by atomic mass is 9.88. The highest BCUT2D eigenvalue weighted by Gasteiger charge is 2.62. The average molecular weight is 1500 g/mol. The van der Waals surface area contributed by atoms with Gasteiger partial charge in [-0.1, -0.05) is 103 Å². The molecule has 21 N–H and O–H groups in total. The number of nitrogens with zero attached hydrogens (tertiary/aromatic N) is 1. The maximum Gasteiger partial charge on any atom is 0.364 e. The zero-order chi connectivity index (χ0) is 75.8. The highest BCUT2D eigenvalue weighted by molar-refractivity contribution is 7.14. The van der Waals surface area contributed by atoms with Gasteiger partial charge in [-0.05, 0) is 12.5 Å². The summed E-state index contributed by atoms with van der Waals surface area (Å²) in [4.78, 5) is 68.8. The van der Waals surface area contributed by atoms with E-state index >= 15 is 0 Å². The Kier molecular flexibility index (Phi) is 36.6. The molecule has 103 heavy (non-hydrogen) atoms. The number of aliphatic hydroxyl groups excluding tert-OH is 16. The summed E-state index contributed by atoms with van der Waals surface area (Å²) in [6.45, 7) is -0.856. The number of aliphatic hydroxyl groups is 16. The van der Waals surface area contributed by atoms with Gasteiger partial charge in [0.1, 0.15) is 116 Å². The van der Waals surface area contributed by atoms with Gasteiger partial charge in [0, 0.05) is 39.0 Å². The van der Waals surface area contributed by atoms with E-state index in [1.165, 1.54) is 76.9 Å². The van der Waals surface area contributed by atoms with Gasteiger partial charge < -0.3 is 155 Å². The largest absolute Gasteiger partial charge is 0.477 e. The van der Waals surface area contributed by atoms with Gasteiger partial charge in [-0.25, -0.2) is 9.78 Å². The fourth-order valence-corrected chi connectivity index (χ4v) is 13.6. The van der Waals surface area contributed by atoms with Crippen LogP contribution in [-0.4, -0.2) is 332 Å². The van der Waals surface area contributed by atoms with Gasteiger partial charge in [-0.2, -0.15) is 0 Å². The number of carbonyl (C=O) groups is 5. The zero-order valence-electron chi connectivity index (χ0n) is 58.2. The molecule has 5 fully saturated rings. The monoisotopic (exact) mass is 1500 g/mol. The van der Waals surface area contributed by atoms with Gasteiger partial charge in [0.2, 0.25) is 23.6 Å². The van der Waals surface area contributed by atoms with E-state index in [1.54, 1.807) is 5.38 Å². The summed E-state index contributed by atoms with van der Waals surface area (Å²) in [5, 5.41) is 201. The quantitative estimate of drug-likeness (QED) is 0.0272. The first-order valence-electron chi connectivity index (χ1n) is 35.1. The van der Waals surface area contributed by atoms with Crippen LogP contribution in [0.2, 0.25) is 0 Å². The van der Waals surface area contributed by atoms with Crippen molar-refractivity contribution in [2.75, 3.05) is 45.0 Å². The SMILES string of the molecule is CCCCCCCCCCCCCCCCCC(=O)N[C@@H](CO[C@@H]1O[C@H](CO)[C@@H](O[C@@H]2O[C@H](CO)[C@H](O[C@@H]3O[C@H](CO)[C@H](O)[C@H](O[C@@H]4O[C@H](CO)[C@H](O)[C@H](O)[C@H]4O)[C@H]3NC(C)=O)[C@H](O[C@]3(C(=O)O)C[C@H](O)C(NC(C)=O)C([C@H](O)[C@H](O)CO)O3)[C@H]2O)[C@H](O)[C@H]1O)[C@H](O)/C=C/c1csc(NC(C)=O)n1. The van der Waals surface area contributed by atoms with Crippen LogP contribution in [0.3, 0.4) is 0 Å². The van der Waals surface area contributed by atoms with E-state index in [1.807, 2.05) is 0 Å². The highest BCUT2D eigenvalue weighted by atomic mass is 32.1. The predicted octanol–water partition coefficient (Wildman–Crippen LogP) is -5.17. The predicted molar refractivity (Wildman–Crippen MR) is 354 cm³/mol. The molecule has 4 amide bonds. The van der Waals surface area contributed by atoms with Crippen molar-refractivity contribution in [3.8, 4) is 0 Å². The van der Waals surface area contributed by atoms with Crippen molar-refractivity contribution in [2.45, 2.75) is 308 Å². The van der Waals surface area contributed by atoms with Crippen molar-refractivity contribution in [2.24, 2.45) is 0 Å². The van der Waals surface area contributed by atoms with E-state index in [9.17, 15) is 111 Å². The second-order valence-corrected chi connectivity index (χ2v) is 27.5. The molecule has 28 atom stereocenters. The number of hydrogen-bond acceptors (Lipinski definition) is 33. The summed E-state index contributed by atoms with van der Waals surface area (Å²) in [7, 11) is 0. The fourth-order valence-electron chi connectivity index (χ4n) is 12.9. The summed E-state index contributed by atoms with van der Waals surface area (Å²) < 4.78 is 59.7. The number of rotatable bonds is 42. The minimum Gasteiger partial charge on any atom is -0.477 e. The summed E-state index contributed by atoms with van der Waals surface area (Å²) in [5.41, 5.74) is 0.325. The number of amides is 4. The van der Waals surface area contributed by atoms with Crippen LogP contribution >= 0.6 is 11.3 Å². The molecule has 0 radical (unpaired) electrons. The van der Waals surface area contributed by atoms with Crippen LogP contribution in [0.4, 0.5) is 5.13 Å². The third kappa shape index (κ3) is 24.6. The first-order valence-corrected chi connectivity index (χ1v) is 36.0. The molecule has 1 aromatic rings. The normalized spacial score (nSPS) is 35.4. The van der Waals surface area contributed by atoms with Crippen LogP contribution in [0, 0.1) is 0 Å². The van der Waals surface area contributed by atoms with Crippen LogP contribution in [-0.2, 0) is 71.3 Å². The van der Waals surface area contributed by atoms with Crippen molar-refractivity contribution in [3.63, 3.8) is 0 Å². The first-order chi connectivity index (χ1) is 49.1. The molecule has 0 aliphatic carbocycles. The second kappa shape index (κ2) is 43.0. The minimum atomic E-state index is -3.40. The number of anilines is 1. The van der Waals surface area contributed by atoms with E-state index in [0.29, 0.717) is 12.1 Å². The lowest BCUT2D eigenvalue weighted by Gasteiger charge is -2.52. The number of carboxylic acid groups (broad SMARTS) is 1. The summed E-state index contributed by atoms with van der Waals surface area (Å²) in [6, 6.07) is -4.99. The second-order valence-electron chi connectivity index (χ2n) is 26.6. The molecular formula is C65H109N5O32S. The van der Waals surface area contributed by atoms with Crippen molar-refractivity contribution in [1.82, 2.24) is 20.9 Å². The highest BCUT2D eigenvalue weighted by Crippen LogP contribution is 2.41. The van der Waals surface area contributed by atoms with Gasteiger partial charge in [-0.3, -0.25) is 19.2 Å². The maximum absolute atomic E-state index is 13.8. The molecule has 5 saturated heterocycles. The number of thiazole rings is 1. The number of aliphatic carboxylic acids is 1. The number of carboxylic acids is 1. The molecule has 38 heteroatoms. The molecule has 0 saturated carbocycles. The first kappa shape index (κ1) is 87.6. The van der Waals surface area contributed by atoms with Gasteiger partial charge in [0.05, 0.1) is 69.6 Å². The Morgan fingerprint density at radius 2 is 1.10 bits per heavy atom. The van der Waals surface area contributed by atoms with Crippen molar-refractivity contribution in [1.29, 1.82) is 0 Å². The van der Waals surface area contributed by atoms with Gasteiger partial charge in [0.25, 0.3) is 5.79 Å². The van der Waals surface area contributed by atoms with Crippen molar-refractivity contribution >= 4 is 52.1 Å². The van der Waals surface area contributed by atoms with Crippen LogP contribution in [0.1, 0.15) is 143 Å². The van der Waals surface area contributed by atoms with Crippen molar-refractivity contribution in [3.05, 3.63) is 17.2 Å². The van der Waals surface area contributed by atoms with Crippen LogP contribution in [0.5, 0.6) is 0 Å². The van der Waals surface area contributed by atoms with Crippen LogP contribution in [0.25, 0.3) is 6.08 Å². The van der Waals surface area contributed by atoms with Gasteiger partial charge in [-0.15, -0.1) is 11.3 Å². The van der Waals surface area contributed by atoms with Crippen LogP contribution < -0.4 is 21.3 Å². The van der Waals surface area contributed by atoms with E-state index in [-0.39, 0.29) is 17.5 Å². The number of aromatic nitrogens is 1. The lowest BCUT2D eigenvalue weighted by Crippen LogP contribution is -2.72. The van der Waals surface area contributed by atoms with E-state index in [0.717, 1.165) is 57.3 Å². The topological polar surface area (TPSA) is 583 Å². The number of nitrogens with one attached hydrogen (secondary N) is 4. The third-order valence-electron chi connectivity index (χ3n) is 18.5.